The molecule has 1 fully saturated rings. The number of pyridine rings is 1. The molecule has 2 aromatic rings. The molecule has 0 radical (unpaired) electrons. The third-order valence-corrected chi connectivity index (χ3v) is 4.55. The summed E-state index contributed by atoms with van der Waals surface area (Å²) in [6.45, 7) is 4.06. The smallest absolute Gasteiger partial charge is 0.255 e. The van der Waals surface area contributed by atoms with Crippen LogP contribution in [-0.4, -0.2) is 42.0 Å². The lowest BCUT2D eigenvalue weighted by Crippen LogP contribution is -2.49. The number of hydrogen-bond donors (Lipinski definition) is 0. The van der Waals surface area contributed by atoms with E-state index in [1.54, 1.807) is 4.90 Å². The molecule has 2 heterocycles. The monoisotopic (exact) mass is 358 g/mol. The molecule has 128 valence electrons. The number of hydrogen-bond acceptors (Lipinski definition) is 4. The number of halogens is 2. The maximum Gasteiger partial charge on any atom is 0.255 e. The minimum atomic E-state index is -0.467. The van der Waals surface area contributed by atoms with Crippen LogP contribution >= 0.6 is 11.6 Å². The molecule has 1 aliphatic rings. The number of carbonyl (C=O) groups excluding carboxylic acids is 1. The SMILES string of the molecule is Cc1ccc(N2CCN(C(=O)c3ccc(F)cc3Cl)CC2)nc1C#N. The van der Waals surface area contributed by atoms with Crippen molar-refractivity contribution < 1.29 is 9.18 Å². The molecule has 0 N–H and O–H groups in total. The highest BCUT2D eigenvalue weighted by Crippen LogP contribution is 2.21. The molecule has 5 nitrogen and oxygen atoms in total. The van der Waals surface area contributed by atoms with E-state index < -0.39 is 5.82 Å². The van der Waals surface area contributed by atoms with Gasteiger partial charge in [-0.05, 0) is 36.8 Å². The van der Waals surface area contributed by atoms with Crippen molar-refractivity contribution in [2.24, 2.45) is 0 Å². The quantitative estimate of drug-likeness (QED) is 0.828. The molecule has 3 rings (SSSR count). The van der Waals surface area contributed by atoms with Crippen LogP contribution in [0.1, 0.15) is 21.6 Å². The van der Waals surface area contributed by atoms with Crippen molar-refractivity contribution in [3.8, 4) is 6.07 Å². The second-order valence-corrected chi connectivity index (χ2v) is 6.26. The summed E-state index contributed by atoms with van der Waals surface area (Å²) < 4.78 is 13.1. The van der Waals surface area contributed by atoms with Gasteiger partial charge in [-0.1, -0.05) is 17.7 Å². The molecular formula is C18H16ClFN4O. The van der Waals surface area contributed by atoms with Gasteiger partial charge >= 0.3 is 0 Å². The Labute approximate surface area is 150 Å². The van der Waals surface area contributed by atoms with E-state index in [9.17, 15) is 9.18 Å². The van der Waals surface area contributed by atoms with E-state index >= 15 is 0 Å². The molecule has 0 saturated carbocycles. The molecule has 0 atom stereocenters. The van der Waals surface area contributed by atoms with Gasteiger partial charge in [-0.25, -0.2) is 9.37 Å². The fraction of sp³-hybridized carbons (Fsp3) is 0.278. The first-order valence-corrected chi connectivity index (χ1v) is 8.24. The molecule has 1 amide bonds. The van der Waals surface area contributed by atoms with Crippen LogP contribution in [-0.2, 0) is 0 Å². The Morgan fingerprint density at radius 2 is 1.96 bits per heavy atom. The largest absolute Gasteiger partial charge is 0.353 e. The van der Waals surface area contributed by atoms with Gasteiger partial charge in [-0.15, -0.1) is 0 Å². The number of piperazine rings is 1. The Bertz CT molecular complexity index is 857. The van der Waals surface area contributed by atoms with Crippen molar-refractivity contribution in [1.29, 1.82) is 5.26 Å². The van der Waals surface area contributed by atoms with Gasteiger partial charge < -0.3 is 9.80 Å². The number of rotatable bonds is 2. The summed E-state index contributed by atoms with van der Waals surface area (Å²) in [7, 11) is 0. The molecular weight excluding hydrogens is 343 g/mol. The van der Waals surface area contributed by atoms with E-state index in [1.165, 1.54) is 12.1 Å². The summed E-state index contributed by atoms with van der Waals surface area (Å²) in [6.07, 6.45) is 0. The van der Waals surface area contributed by atoms with Gasteiger partial charge in [-0.3, -0.25) is 4.79 Å². The Kier molecular flexibility index (Phi) is 4.86. The zero-order valence-corrected chi connectivity index (χ0v) is 14.4. The maximum atomic E-state index is 13.1. The van der Waals surface area contributed by atoms with E-state index in [2.05, 4.69) is 11.1 Å². The Hall–Kier alpha value is -2.65. The van der Waals surface area contributed by atoms with Crippen LogP contribution < -0.4 is 4.90 Å². The van der Waals surface area contributed by atoms with Crippen LogP contribution in [0.3, 0.4) is 0 Å². The lowest BCUT2D eigenvalue weighted by atomic mass is 10.1. The fourth-order valence-corrected chi connectivity index (χ4v) is 3.03. The molecule has 1 aromatic carbocycles. The predicted octanol–water partition coefficient (Wildman–Crippen LogP) is 3.02. The Morgan fingerprint density at radius 3 is 2.60 bits per heavy atom. The van der Waals surface area contributed by atoms with Crippen molar-refractivity contribution in [3.05, 3.63) is 58.0 Å². The molecule has 0 bridgehead atoms. The van der Waals surface area contributed by atoms with Crippen LogP contribution in [0, 0.1) is 24.1 Å². The summed E-state index contributed by atoms with van der Waals surface area (Å²) in [5.74, 6) is 0.0541. The number of amides is 1. The van der Waals surface area contributed by atoms with Crippen molar-refractivity contribution in [1.82, 2.24) is 9.88 Å². The highest BCUT2D eigenvalue weighted by molar-refractivity contribution is 6.33. The number of anilines is 1. The molecule has 0 aliphatic carbocycles. The van der Waals surface area contributed by atoms with E-state index in [0.29, 0.717) is 37.4 Å². The van der Waals surface area contributed by atoms with Gasteiger partial charge in [0.25, 0.3) is 5.91 Å². The molecule has 7 heteroatoms. The Morgan fingerprint density at radius 1 is 1.24 bits per heavy atom. The second-order valence-electron chi connectivity index (χ2n) is 5.85. The van der Waals surface area contributed by atoms with E-state index in [0.717, 1.165) is 17.4 Å². The van der Waals surface area contributed by atoms with Crippen LogP contribution in [0.5, 0.6) is 0 Å². The molecule has 1 aliphatic heterocycles. The molecule has 0 unspecified atom stereocenters. The van der Waals surface area contributed by atoms with Gasteiger partial charge in [0.05, 0.1) is 10.6 Å². The zero-order chi connectivity index (χ0) is 18.0. The van der Waals surface area contributed by atoms with Crippen molar-refractivity contribution in [2.45, 2.75) is 6.92 Å². The van der Waals surface area contributed by atoms with E-state index in [4.69, 9.17) is 16.9 Å². The van der Waals surface area contributed by atoms with Crippen LogP contribution in [0.2, 0.25) is 5.02 Å². The number of aryl methyl sites for hydroxylation is 1. The summed E-state index contributed by atoms with van der Waals surface area (Å²) in [5.41, 5.74) is 1.55. The molecule has 1 aromatic heterocycles. The van der Waals surface area contributed by atoms with Gasteiger partial charge in [0.2, 0.25) is 0 Å². The average Bonchev–Trinajstić information content (AvgIpc) is 2.62. The second kappa shape index (κ2) is 7.08. The van der Waals surface area contributed by atoms with E-state index in [1.807, 2.05) is 24.0 Å². The lowest BCUT2D eigenvalue weighted by Gasteiger charge is -2.35. The van der Waals surface area contributed by atoms with Gasteiger partial charge in [0, 0.05) is 26.2 Å². The van der Waals surface area contributed by atoms with Gasteiger partial charge in [0.1, 0.15) is 23.4 Å². The number of nitrogens with zero attached hydrogens (tertiary/aromatic N) is 4. The van der Waals surface area contributed by atoms with Crippen molar-refractivity contribution in [2.75, 3.05) is 31.1 Å². The topological polar surface area (TPSA) is 60.2 Å². The Balaban J connectivity index is 1.69. The standard InChI is InChI=1S/C18H16ClFN4O/c1-12-2-5-17(22-16(12)11-21)23-6-8-24(9-7-23)18(25)14-4-3-13(20)10-15(14)19/h2-5,10H,6-9H2,1H3. The predicted molar refractivity (Wildman–Crippen MR) is 93.2 cm³/mol. The maximum absolute atomic E-state index is 13.1. The summed E-state index contributed by atoms with van der Waals surface area (Å²) in [4.78, 5) is 20.7. The van der Waals surface area contributed by atoms with Crippen molar-refractivity contribution in [3.63, 3.8) is 0 Å². The minimum Gasteiger partial charge on any atom is -0.353 e. The number of benzene rings is 1. The highest BCUT2D eigenvalue weighted by atomic mass is 35.5. The number of aromatic nitrogens is 1. The summed E-state index contributed by atoms with van der Waals surface area (Å²) in [6, 6.07) is 9.62. The minimum absolute atomic E-state index is 0.117. The van der Waals surface area contributed by atoms with Gasteiger partial charge in [-0.2, -0.15) is 5.26 Å². The van der Waals surface area contributed by atoms with Crippen LogP contribution in [0.15, 0.2) is 30.3 Å². The lowest BCUT2D eigenvalue weighted by molar-refractivity contribution is 0.0746. The first-order valence-electron chi connectivity index (χ1n) is 7.86. The molecule has 1 saturated heterocycles. The van der Waals surface area contributed by atoms with Crippen molar-refractivity contribution >= 4 is 23.3 Å². The fourth-order valence-electron chi connectivity index (χ4n) is 2.78. The zero-order valence-electron chi connectivity index (χ0n) is 13.7. The van der Waals surface area contributed by atoms with E-state index in [-0.39, 0.29) is 10.9 Å². The molecule has 25 heavy (non-hydrogen) atoms. The summed E-state index contributed by atoms with van der Waals surface area (Å²) in [5, 5.41) is 9.22. The third kappa shape index (κ3) is 3.57. The normalized spacial score (nSPS) is 14.3. The van der Waals surface area contributed by atoms with Crippen LogP contribution in [0.4, 0.5) is 10.2 Å². The van der Waals surface area contributed by atoms with Gasteiger partial charge in [0.15, 0.2) is 0 Å². The first-order chi connectivity index (χ1) is 12.0. The first kappa shape index (κ1) is 17.2. The third-order valence-electron chi connectivity index (χ3n) is 4.24. The van der Waals surface area contributed by atoms with Crippen LogP contribution in [0.25, 0.3) is 0 Å². The average molecular weight is 359 g/mol. The highest BCUT2D eigenvalue weighted by Gasteiger charge is 2.24. The number of carbonyl (C=O) groups is 1. The summed E-state index contributed by atoms with van der Waals surface area (Å²) >= 11 is 5.98. The number of nitriles is 1. The molecule has 0 spiro atoms.